The Balaban J connectivity index is 0.0000001000. The van der Waals surface area contributed by atoms with E-state index in [0.717, 1.165) is 0 Å². The smallest absolute Gasteiger partial charge is 0.161 e. The highest BCUT2D eigenvalue weighted by Crippen LogP contribution is 1.83. The van der Waals surface area contributed by atoms with Crippen molar-refractivity contribution < 1.29 is 0 Å². The molecule has 6 heteroatoms. The van der Waals surface area contributed by atoms with E-state index in [4.69, 9.17) is 0 Å². The first-order valence-electron chi connectivity index (χ1n) is 2.51. The van der Waals surface area contributed by atoms with Crippen LogP contribution in [-0.4, -0.2) is 25.0 Å². The molecule has 0 fully saturated rings. The summed E-state index contributed by atoms with van der Waals surface area (Å²) in [5.74, 6) is 0. The predicted octanol–water partition coefficient (Wildman–Crippen LogP) is 0.343. The van der Waals surface area contributed by atoms with Crippen molar-refractivity contribution in [3.05, 3.63) is 24.0 Å². The molecule has 0 spiro atoms. The minimum atomic E-state index is 1.33. The summed E-state index contributed by atoms with van der Waals surface area (Å²) in [5.41, 5.74) is 0. The Bertz CT molecular complexity index is 153. The normalized spacial score (nSPS) is 8.00. The average Bonchev–Trinajstić information content (AvgIpc) is 2.67. The van der Waals surface area contributed by atoms with E-state index in [1.165, 1.54) is 17.9 Å². The van der Waals surface area contributed by atoms with Crippen molar-refractivity contribution in [3.63, 3.8) is 0 Å². The van der Waals surface area contributed by atoms with Crippen LogP contribution < -0.4 is 0 Å². The molecule has 0 amide bonds. The highest BCUT2D eigenvalue weighted by Gasteiger charge is 1.60. The number of H-pyrrole nitrogens is 1. The van der Waals surface area contributed by atoms with Gasteiger partial charge in [-0.15, -0.1) is 10.2 Å². The Morgan fingerprint density at radius 1 is 1.40 bits per heavy atom. The largest absolute Gasteiger partial charge is 0.201 e. The lowest BCUT2D eigenvalue weighted by molar-refractivity contribution is 0.881. The van der Waals surface area contributed by atoms with E-state index in [1.54, 1.807) is 6.20 Å². The fourth-order valence-corrected chi connectivity index (χ4v) is 0.656. The third-order valence-electron chi connectivity index (χ3n) is 0.617. The van der Waals surface area contributed by atoms with Gasteiger partial charge in [-0.2, -0.15) is 5.21 Å². The lowest BCUT2D eigenvalue weighted by Crippen LogP contribution is -1.64. The minimum absolute atomic E-state index is 1.33. The van der Waals surface area contributed by atoms with E-state index in [0.29, 0.717) is 0 Å². The number of nitrogens with one attached hydrogen (secondary N) is 1. The first-order valence-corrected chi connectivity index (χ1v) is 3.34. The van der Waals surface area contributed by atoms with Gasteiger partial charge in [0.05, 0.1) is 0 Å². The molecule has 2 rings (SSSR count). The van der Waals surface area contributed by atoms with E-state index in [1.807, 2.05) is 11.4 Å². The molecule has 0 aliphatic rings. The summed E-state index contributed by atoms with van der Waals surface area (Å²) in [7, 11) is 0. The number of hydrogen-bond donors (Lipinski definition) is 1. The van der Waals surface area contributed by atoms with Crippen LogP contribution in [0.4, 0.5) is 0 Å². The number of aromatic nitrogens is 5. The van der Waals surface area contributed by atoms with Gasteiger partial charge in [-0.1, -0.05) is 5.21 Å². The quantitative estimate of drug-likeness (QED) is 0.595. The van der Waals surface area contributed by atoms with E-state index >= 15 is 0 Å². The molecule has 5 nitrogen and oxygen atoms in total. The van der Waals surface area contributed by atoms with Gasteiger partial charge in [-0.3, -0.25) is 0 Å². The molecular weight excluding hydrogens is 150 g/mol. The summed E-state index contributed by atoms with van der Waals surface area (Å²) in [5, 5.41) is 14.1. The van der Waals surface area contributed by atoms with Crippen molar-refractivity contribution in [1.29, 1.82) is 0 Å². The van der Waals surface area contributed by atoms with E-state index in [9.17, 15) is 0 Å². The summed E-state index contributed by atoms with van der Waals surface area (Å²) in [6.45, 7) is 0. The third-order valence-corrected chi connectivity index (χ3v) is 1.14. The first-order chi connectivity index (χ1) is 5.00. The van der Waals surface area contributed by atoms with Crippen molar-refractivity contribution in [1.82, 2.24) is 25.0 Å². The Hall–Kier alpha value is -1.30. The summed E-state index contributed by atoms with van der Waals surface area (Å²) >= 11 is 1.46. The van der Waals surface area contributed by atoms with Gasteiger partial charge in [0.1, 0.15) is 0 Å². The van der Waals surface area contributed by atoms with Crippen molar-refractivity contribution in [2.24, 2.45) is 0 Å². The predicted molar refractivity (Wildman–Crippen MR) is 36.3 cm³/mol. The Labute approximate surface area is 61.3 Å². The molecule has 0 saturated carbocycles. The maximum Gasteiger partial charge on any atom is 0.161 e. The zero-order valence-electron chi connectivity index (χ0n) is 5.01. The van der Waals surface area contributed by atoms with Crippen LogP contribution in [0.25, 0.3) is 0 Å². The molecule has 0 atom stereocenters. The van der Waals surface area contributed by atoms with Crippen LogP contribution in [-0.2, 0) is 0 Å². The van der Waals surface area contributed by atoms with Crippen LogP contribution in [0.1, 0.15) is 0 Å². The number of nitrogens with zero attached hydrogens (tertiary/aromatic N) is 4. The zero-order chi connectivity index (χ0) is 7.07. The summed E-state index contributed by atoms with van der Waals surface area (Å²) < 4.78 is 3.76. The van der Waals surface area contributed by atoms with Crippen molar-refractivity contribution in [2.75, 3.05) is 0 Å². The van der Waals surface area contributed by atoms with Gasteiger partial charge < -0.3 is 0 Å². The van der Waals surface area contributed by atoms with Gasteiger partial charge in [-0.05, 0) is 17.6 Å². The summed E-state index contributed by atoms with van der Waals surface area (Å²) in [6.07, 6.45) is 3.10. The summed E-state index contributed by atoms with van der Waals surface area (Å²) in [6, 6.07) is 1.91. The van der Waals surface area contributed by atoms with Gasteiger partial charge in [-0.25, -0.2) is 4.37 Å². The van der Waals surface area contributed by atoms with Crippen LogP contribution in [0.5, 0.6) is 0 Å². The monoisotopic (exact) mass is 155 g/mol. The molecule has 2 heterocycles. The molecule has 0 aromatic carbocycles. The highest BCUT2D eigenvalue weighted by molar-refractivity contribution is 7.03. The fourth-order valence-electron chi connectivity index (χ4n) is 0.305. The van der Waals surface area contributed by atoms with Crippen LogP contribution in [0.2, 0.25) is 0 Å². The molecule has 2 aromatic rings. The first kappa shape index (κ1) is 6.81. The van der Waals surface area contributed by atoms with Gasteiger partial charge in [0.25, 0.3) is 0 Å². The molecule has 10 heavy (non-hydrogen) atoms. The molecule has 1 N–H and O–H groups in total. The molecule has 0 bridgehead atoms. The standard InChI is InChI=1S/C3H3NS.CH2N4/c2*1-2-4-5-3-1/h1-3H;1H,(H,2,3,4,5). The molecule has 0 aliphatic heterocycles. The van der Waals surface area contributed by atoms with E-state index in [-0.39, 0.29) is 0 Å². The average molecular weight is 155 g/mol. The van der Waals surface area contributed by atoms with Crippen molar-refractivity contribution in [3.8, 4) is 0 Å². The molecule has 0 saturated heterocycles. The molecular formula is C4H5N5S. The molecule has 0 unspecified atom stereocenters. The van der Waals surface area contributed by atoms with Crippen molar-refractivity contribution in [2.45, 2.75) is 0 Å². The van der Waals surface area contributed by atoms with Crippen LogP contribution in [0.15, 0.2) is 24.0 Å². The molecule has 2 aromatic heterocycles. The molecule has 0 radical (unpaired) electrons. The maximum absolute atomic E-state index is 3.76. The van der Waals surface area contributed by atoms with Crippen LogP contribution in [0, 0.1) is 0 Å². The van der Waals surface area contributed by atoms with E-state index in [2.05, 4.69) is 25.0 Å². The summed E-state index contributed by atoms with van der Waals surface area (Å²) in [4.78, 5) is 0. The van der Waals surface area contributed by atoms with Gasteiger partial charge in [0.15, 0.2) is 6.33 Å². The Morgan fingerprint density at radius 2 is 2.40 bits per heavy atom. The molecule has 52 valence electrons. The lowest BCUT2D eigenvalue weighted by atomic mass is 10.8. The SMILES string of the molecule is c1cnsc1.c1nn[nH]n1. The van der Waals surface area contributed by atoms with E-state index < -0.39 is 0 Å². The van der Waals surface area contributed by atoms with Gasteiger partial charge in [0, 0.05) is 11.6 Å². The number of rotatable bonds is 0. The lowest BCUT2D eigenvalue weighted by Gasteiger charge is -1.44. The Kier molecular flexibility index (Phi) is 3.11. The second-order valence-electron chi connectivity index (χ2n) is 1.25. The Morgan fingerprint density at radius 3 is 2.60 bits per heavy atom. The van der Waals surface area contributed by atoms with Crippen LogP contribution in [0.3, 0.4) is 0 Å². The van der Waals surface area contributed by atoms with Gasteiger partial charge >= 0.3 is 0 Å². The number of hydrogen-bond acceptors (Lipinski definition) is 5. The van der Waals surface area contributed by atoms with Crippen LogP contribution >= 0.6 is 11.5 Å². The minimum Gasteiger partial charge on any atom is -0.201 e. The topological polar surface area (TPSA) is 67.3 Å². The second kappa shape index (κ2) is 4.57. The number of aromatic amines is 1. The van der Waals surface area contributed by atoms with Crippen molar-refractivity contribution >= 4 is 11.5 Å². The highest BCUT2D eigenvalue weighted by atomic mass is 32.1. The zero-order valence-corrected chi connectivity index (χ0v) is 5.82. The maximum atomic E-state index is 3.76. The molecule has 0 aliphatic carbocycles. The second-order valence-corrected chi connectivity index (χ2v) is 1.94. The fraction of sp³-hybridized carbons (Fsp3) is 0. The third kappa shape index (κ3) is 2.88. The number of tetrazole rings is 1. The van der Waals surface area contributed by atoms with Gasteiger partial charge in [0.2, 0.25) is 0 Å².